The number of hydrogen-bond donors (Lipinski definition) is 1. The van der Waals surface area contributed by atoms with Crippen LogP contribution in [-0.4, -0.2) is 14.9 Å². The zero-order chi connectivity index (χ0) is 14.0. The Bertz CT molecular complexity index is 556. The summed E-state index contributed by atoms with van der Waals surface area (Å²) in [5.41, 5.74) is 4.51. The van der Waals surface area contributed by atoms with Crippen LogP contribution < -0.4 is 5.32 Å². The van der Waals surface area contributed by atoms with Gasteiger partial charge in [0, 0.05) is 29.9 Å². The van der Waals surface area contributed by atoms with Crippen LogP contribution >= 0.6 is 0 Å². The van der Waals surface area contributed by atoms with Crippen LogP contribution in [0.5, 0.6) is 0 Å². The Morgan fingerprint density at radius 2 is 2.11 bits per heavy atom. The van der Waals surface area contributed by atoms with Crippen LogP contribution in [-0.2, 0) is 13.1 Å². The standard InChI is InChI=1S/C14H22N4O/c1-6-18-12(5)14(11(4)16-18)10(3)15-8-13-7-9(2)17-19-13/h7,10,15H,6,8H2,1-5H3. The highest BCUT2D eigenvalue weighted by atomic mass is 16.5. The molecule has 0 aliphatic carbocycles. The predicted octanol–water partition coefficient (Wildman–Crippen LogP) is 2.67. The fraction of sp³-hybridized carbons (Fsp3) is 0.571. The van der Waals surface area contributed by atoms with Crippen molar-refractivity contribution in [1.29, 1.82) is 0 Å². The quantitative estimate of drug-likeness (QED) is 0.900. The van der Waals surface area contributed by atoms with Crippen molar-refractivity contribution < 1.29 is 4.52 Å². The van der Waals surface area contributed by atoms with Crippen LogP contribution in [0.2, 0.25) is 0 Å². The molecule has 2 rings (SSSR count). The van der Waals surface area contributed by atoms with Gasteiger partial charge in [-0.05, 0) is 34.6 Å². The molecule has 0 aromatic carbocycles. The molecule has 2 aromatic rings. The van der Waals surface area contributed by atoms with Gasteiger partial charge in [-0.1, -0.05) is 5.16 Å². The lowest BCUT2D eigenvalue weighted by molar-refractivity contribution is 0.363. The van der Waals surface area contributed by atoms with Gasteiger partial charge in [0.05, 0.1) is 17.9 Å². The SMILES string of the molecule is CCn1nc(C)c(C(C)NCc2cc(C)no2)c1C. The van der Waals surface area contributed by atoms with Crippen LogP contribution in [0.1, 0.15) is 48.3 Å². The number of aromatic nitrogens is 3. The molecule has 1 atom stereocenters. The third-order valence-electron chi connectivity index (χ3n) is 3.43. The smallest absolute Gasteiger partial charge is 0.150 e. The molecule has 0 bridgehead atoms. The summed E-state index contributed by atoms with van der Waals surface area (Å²) in [6.07, 6.45) is 0. The van der Waals surface area contributed by atoms with E-state index in [2.05, 4.69) is 43.3 Å². The average molecular weight is 262 g/mol. The molecule has 0 aliphatic heterocycles. The molecule has 5 nitrogen and oxygen atoms in total. The van der Waals surface area contributed by atoms with E-state index >= 15 is 0 Å². The lowest BCUT2D eigenvalue weighted by Crippen LogP contribution is -2.19. The van der Waals surface area contributed by atoms with Crippen LogP contribution in [0.25, 0.3) is 0 Å². The molecule has 1 unspecified atom stereocenters. The minimum absolute atomic E-state index is 0.241. The van der Waals surface area contributed by atoms with Crippen LogP contribution in [0.15, 0.2) is 10.6 Å². The van der Waals surface area contributed by atoms with E-state index in [1.54, 1.807) is 0 Å². The van der Waals surface area contributed by atoms with E-state index in [1.807, 2.05) is 17.7 Å². The summed E-state index contributed by atoms with van der Waals surface area (Å²) < 4.78 is 7.25. The van der Waals surface area contributed by atoms with Gasteiger partial charge in [0.2, 0.25) is 0 Å². The van der Waals surface area contributed by atoms with Crippen LogP contribution in [0.4, 0.5) is 0 Å². The molecule has 0 amide bonds. The molecule has 0 aliphatic rings. The molecule has 104 valence electrons. The maximum Gasteiger partial charge on any atom is 0.150 e. The third kappa shape index (κ3) is 2.87. The number of rotatable bonds is 5. The normalized spacial score (nSPS) is 12.9. The van der Waals surface area contributed by atoms with Crippen molar-refractivity contribution in [2.45, 2.75) is 53.8 Å². The molecule has 0 radical (unpaired) electrons. The predicted molar refractivity (Wildman–Crippen MR) is 73.9 cm³/mol. The summed E-state index contributed by atoms with van der Waals surface area (Å²) in [6, 6.07) is 2.19. The summed E-state index contributed by atoms with van der Waals surface area (Å²) >= 11 is 0. The Balaban J connectivity index is 2.07. The molecule has 0 saturated carbocycles. The van der Waals surface area contributed by atoms with Gasteiger partial charge in [-0.2, -0.15) is 5.10 Å². The average Bonchev–Trinajstić information content (AvgIpc) is 2.90. The summed E-state index contributed by atoms with van der Waals surface area (Å²) in [5.74, 6) is 0.863. The van der Waals surface area contributed by atoms with Crippen molar-refractivity contribution in [1.82, 2.24) is 20.3 Å². The molecular weight excluding hydrogens is 240 g/mol. The molecule has 19 heavy (non-hydrogen) atoms. The van der Waals surface area contributed by atoms with E-state index < -0.39 is 0 Å². The van der Waals surface area contributed by atoms with E-state index in [0.29, 0.717) is 6.54 Å². The second-order valence-corrected chi connectivity index (χ2v) is 4.94. The molecule has 5 heteroatoms. The first-order valence-corrected chi connectivity index (χ1v) is 6.72. The van der Waals surface area contributed by atoms with Gasteiger partial charge in [-0.25, -0.2) is 0 Å². The Morgan fingerprint density at radius 3 is 2.63 bits per heavy atom. The Morgan fingerprint density at radius 1 is 1.37 bits per heavy atom. The number of nitrogens with one attached hydrogen (secondary N) is 1. The lowest BCUT2D eigenvalue weighted by atomic mass is 10.1. The molecule has 0 spiro atoms. The summed E-state index contributed by atoms with van der Waals surface area (Å²) in [5, 5.41) is 11.9. The Labute approximate surface area is 114 Å². The second kappa shape index (κ2) is 5.57. The van der Waals surface area contributed by atoms with Crippen molar-refractivity contribution in [3.8, 4) is 0 Å². The van der Waals surface area contributed by atoms with E-state index in [4.69, 9.17) is 4.52 Å². The van der Waals surface area contributed by atoms with Gasteiger partial charge in [-0.3, -0.25) is 4.68 Å². The molecule has 2 aromatic heterocycles. The largest absolute Gasteiger partial charge is 0.360 e. The zero-order valence-electron chi connectivity index (χ0n) is 12.3. The van der Waals surface area contributed by atoms with Crippen molar-refractivity contribution in [3.63, 3.8) is 0 Å². The summed E-state index contributed by atoms with van der Waals surface area (Å²) in [6.45, 7) is 12.0. The van der Waals surface area contributed by atoms with Gasteiger partial charge in [-0.15, -0.1) is 0 Å². The Hall–Kier alpha value is -1.62. The molecule has 0 fully saturated rings. The van der Waals surface area contributed by atoms with Crippen LogP contribution in [0.3, 0.4) is 0 Å². The van der Waals surface area contributed by atoms with Crippen molar-refractivity contribution in [3.05, 3.63) is 34.5 Å². The molecule has 1 N–H and O–H groups in total. The highest BCUT2D eigenvalue weighted by molar-refractivity contribution is 5.27. The number of hydrogen-bond acceptors (Lipinski definition) is 4. The van der Waals surface area contributed by atoms with Crippen molar-refractivity contribution in [2.24, 2.45) is 0 Å². The van der Waals surface area contributed by atoms with Gasteiger partial charge >= 0.3 is 0 Å². The fourth-order valence-electron chi connectivity index (χ4n) is 2.50. The first kappa shape index (κ1) is 13.8. The second-order valence-electron chi connectivity index (χ2n) is 4.94. The molecular formula is C14H22N4O. The topological polar surface area (TPSA) is 55.9 Å². The van der Waals surface area contributed by atoms with Gasteiger partial charge in [0.15, 0.2) is 5.76 Å². The third-order valence-corrected chi connectivity index (χ3v) is 3.43. The summed E-state index contributed by atoms with van der Waals surface area (Å²) in [7, 11) is 0. The molecule has 2 heterocycles. The summed E-state index contributed by atoms with van der Waals surface area (Å²) in [4.78, 5) is 0. The van der Waals surface area contributed by atoms with Gasteiger partial charge < -0.3 is 9.84 Å². The van der Waals surface area contributed by atoms with Gasteiger partial charge in [0.1, 0.15) is 0 Å². The number of aryl methyl sites for hydroxylation is 3. The number of nitrogens with zero attached hydrogens (tertiary/aromatic N) is 3. The highest BCUT2D eigenvalue weighted by Gasteiger charge is 2.17. The maximum atomic E-state index is 5.20. The monoisotopic (exact) mass is 262 g/mol. The Kier molecular flexibility index (Phi) is 4.04. The zero-order valence-corrected chi connectivity index (χ0v) is 12.3. The lowest BCUT2D eigenvalue weighted by Gasteiger charge is -2.13. The van der Waals surface area contributed by atoms with E-state index in [-0.39, 0.29) is 6.04 Å². The highest BCUT2D eigenvalue weighted by Crippen LogP contribution is 2.21. The van der Waals surface area contributed by atoms with Crippen molar-refractivity contribution >= 4 is 0 Å². The van der Waals surface area contributed by atoms with E-state index in [9.17, 15) is 0 Å². The van der Waals surface area contributed by atoms with Crippen LogP contribution in [0, 0.1) is 20.8 Å². The first-order valence-electron chi connectivity index (χ1n) is 6.72. The van der Waals surface area contributed by atoms with Crippen molar-refractivity contribution in [2.75, 3.05) is 0 Å². The van der Waals surface area contributed by atoms with E-state index in [0.717, 1.165) is 23.7 Å². The first-order chi connectivity index (χ1) is 9.02. The minimum Gasteiger partial charge on any atom is -0.360 e. The molecule has 0 saturated heterocycles. The fourth-order valence-corrected chi connectivity index (χ4v) is 2.50. The maximum absolute atomic E-state index is 5.20. The minimum atomic E-state index is 0.241. The van der Waals surface area contributed by atoms with Gasteiger partial charge in [0.25, 0.3) is 0 Å². The van der Waals surface area contributed by atoms with E-state index in [1.165, 1.54) is 11.3 Å².